The molecule has 1 aromatic heterocycles. The summed E-state index contributed by atoms with van der Waals surface area (Å²) >= 11 is -2.19. The van der Waals surface area contributed by atoms with Gasteiger partial charge in [0, 0.05) is 0 Å². The number of hydrogen-bond donors (Lipinski definition) is 0. The summed E-state index contributed by atoms with van der Waals surface area (Å²) in [6.45, 7) is 8.56. The molecular formula is C16H28N2OSiSn. The van der Waals surface area contributed by atoms with E-state index in [1.54, 1.807) is 0 Å². The zero-order valence-electron chi connectivity index (χ0n) is 14.2. The van der Waals surface area contributed by atoms with Crippen molar-refractivity contribution in [3.63, 3.8) is 0 Å². The van der Waals surface area contributed by atoms with Crippen LogP contribution in [0.2, 0.25) is 40.5 Å². The van der Waals surface area contributed by atoms with Crippen molar-refractivity contribution in [3.8, 4) is 0 Å². The van der Waals surface area contributed by atoms with Crippen LogP contribution in [-0.2, 0) is 11.5 Å². The van der Waals surface area contributed by atoms with E-state index in [2.05, 4.69) is 63.4 Å². The van der Waals surface area contributed by atoms with E-state index in [9.17, 15) is 0 Å². The van der Waals surface area contributed by atoms with Gasteiger partial charge in [0.2, 0.25) is 0 Å². The number of ether oxygens (including phenoxy) is 1. The summed E-state index contributed by atoms with van der Waals surface area (Å²) in [6.07, 6.45) is 0. The molecule has 0 saturated heterocycles. The first-order valence-electron chi connectivity index (χ1n) is 7.72. The molecule has 0 bridgehead atoms. The third-order valence-corrected chi connectivity index (χ3v) is 10.4. The first-order chi connectivity index (χ1) is 9.68. The van der Waals surface area contributed by atoms with Crippen LogP contribution in [0.25, 0.3) is 10.9 Å². The van der Waals surface area contributed by atoms with Gasteiger partial charge in [0.05, 0.1) is 0 Å². The van der Waals surface area contributed by atoms with Crippen LogP contribution in [0.5, 0.6) is 0 Å². The Balaban J connectivity index is 2.17. The van der Waals surface area contributed by atoms with E-state index in [4.69, 9.17) is 9.84 Å². The van der Waals surface area contributed by atoms with Gasteiger partial charge in [0.1, 0.15) is 0 Å². The summed E-state index contributed by atoms with van der Waals surface area (Å²) in [7, 11) is -1.02. The van der Waals surface area contributed by atoms with Gasteiger partial charge in [-0.25, -0.2) is 0 Å². The summed E-state index contributed by atoms with van der Waals surface area (Å²) in [4.78, 5) is 7.25. The number of hydrogen-bond acceptors (Lipinski definition) is 2. The van der Waals surface area contributed by atoms with Gasteiger partial charge in [-0.15, -0.1) is 0 Å². The second-order valence-electron chi connectivity index (χ2n) is 7.96. The van der Waals surface area contributed by atoms with Crippen LogP contribution in [0.3, 0.4) is 0 Å². The quantitative estimate of drug-likeness (QED) is 0.533. The number of aromatic nitrogens is 2. The van der Waals surface area contributed by atoms with E-state index in [-0.39, 0.29) is 0 Å². The molecule has 0 amide bonds. The molecule has 0 aliphatic heterocycles. The third kappa shape index (κ3) is 4.57. The van der Waals surface area contributed by atoms with Gasteiger partial charge in [0.15, 0.2) is 0 Å². The Morgan fingerprint density at radius 3 is 2.43 bits per heavy atom. The van der Waals surface area contributed by atoms with Crippen LogP contribution < -0.4 is 3.71 Å². The van der Waals surface area contributed by atoms with Crippen LogP contribution in [0.15, 0.2) is 24.3 Å². The van der Waals surface area contributed by atoms with E-state index >= 15 is 0 Å². The Labute approximate surface area is 133 Å². The standard InChI is InChI=1S/C13H19N2OSi.3CH3.Sn/c1-17(2,3)9-8-16-11-15-13-7-5-4-6-12(13)10-14-15;;;;/h4-7H,8-9,11H2,1-3H3;3*1H3;. The van der Waals surface area contributed by atoms with Crippen molar-refractivity contribution in [2.45, 2.75) is 47.2 Å². The van der Waals surface area contributed by atoms with Crippen molar-refractivity contribution < 1.29 is 4.74 Å². The summed E-state index contributed by atoms with van der Waals surface area (Å²) in [5.41, 5.74) is 1.21. The van der Waals surface area contributed by atoms with Crippen molar-refractivity contribution in [3.05, 3.63) is 24.3 Å². The molecule has 0 N–H and O–H groups in total. The normalized spacial score (nSPS) is 13.0. The van der Waals surface area contributed by atoms with Crippen LogP contribution in [0.4, 0.5) is 0 Å². The first-order valence-corrected chi connectivity index (χ1v) is 21.4. The van der Waals surface area contributed by atoms with Crippen molar-refractivity contribution >= 4 is 41.1 Å². The summed E-state index contributed by atoms with van der Waals surface area (Å²) in [5, 5.41) is 6.22. The average molecular weight is 411 g/mol. The molecule has 0 radical (unpaired) electrons. The SMILES string of the molecule is C[Si](C)(C)CCOCn1n[c]([Sn]([CH3])([CH3])[CH3])c2ccccc21. The number of rotatable bonds is 6. The molecule has 0 atom stereocenters. The van der Waals surface area contributed by atoms with Crippen LogP contribution >= 0.6 is 0 Å². The van der Waals surface area contributed by atoms with Gasteiger partial charge >= 0.3 is 134 Å². The molecule has 0 spiro atoms. The molecule has 0 aliphatic carbocycles. The first kappa shape index (κ1) is 17.0. The van der Waals surface area contributed by atoms with Gasteiger partial charge in [-0.3, -0.25) is 0 Å². The predicted octanol–water partition coefficient (Wildman–Crippen LogP) is 3.89. The maximum atomic E-state index is 5.89. The van der Waals surface area contributed by atoms with Gasteiger partial charge in [-0.2, -0.15) is 0 Å². The molecule has 2 aromatic rings. The molecule has 2 rings (SSSR count). The van der Waals surface area contributed by atoms with E-state index in [0.29, 0.717) is 6.73 Å². The van der Waals surface area contributed by atoms with Crippen molar-refractivity contribution in [2.75, 3.05) is 6.61 Å². The van der Waals surface area contributed by atoms with E-state index in [1.165, 1.54) is 20.7 Å². The predicted molar refractivity (Wildman–Crippen MR) is 96.8 cm³/mol. The van der Waals surface area contributed by atoms with E-state index in [1.807, 2.05) is 0 Å². The Bertz CT molecular complexity index is 611. The van der Waals surface area contributed by atoms with Gasteiger partial charge in [0.25, 0.3) is 0 Å². The van der Waals surface area contributed by atoms with Crippen molar-refractivity contribution in [2.24, 2.45) is 0 Å². The molecule has 21 heavy (non-hydrogen) atoms. The summed E-state index contributed by atoms with van der Waals surface area (Å²) in [5.74, 6) is 0. The fourth-order valence-electron chi connectivity index (χ4n) is 2.31. The van der Waals surface area contributed by atoms with Crippen LogP contribution in [0.1, 0.15) is 0 Å². The Hall–Kier alpha value is -0.334. The van der Waals surface area contributed by atoms with Gasteiger partial charge in [-0.1, -0.05) is 0 Å². The fraction of sp³-hybridized carbons (Fsp3) is 0.562. The average Bonchev–Trinajstić information content (AvgIpc) is 2.72. The van der Waals surface area contributed by atoms with E-state index < -0.39 is 26.5 Å². The topological polar surface area (TPSA) is 27.1 Å². The number of fused-ring (bicyclic) bond motifs is 1. The number of benzene rings is 1. The fourth-order valence-corrected chi connectivity index (χ4v) is 7.18. The Kier molecular flexibility index (Phi) is 5.21. The molecule has 3 nitrogen and oxygen atoms in total. The minimum atomic E-state index is -2.19. The van der Waals surface area contributed by atoms with Crippen molar-refractivity contribution in [1.29, 1.82) is 0 Å². The number of nitrogens with zero attached hydrogens (tertiary/aromatic N) is 2. The molecule has 0 saturated carbocycles. The van der Waals surface area contributed by atoms with Crippen molar-refractivity contribution in [1.82, 2.24) is 9.78 Å². The third-order valence-electron chi connectivity index (χ3n) is 3.58. The number of para-hydroxylation sites is 1. The second-order valence-corrected chi connectivity index (χ2v) is 27.8. The second kappa shape index (κ2) is 6.42. The zero-order valence-corrected chi connectivity index (χ0v) is 18.1. The molecule has 0 unspecified atom stereocenters. The maximum absolute atomic E-state index is 5.89. The summed E-state index contributed by atoms with van der Waals surface area (Å²) < 4.78 is 9.30. The monoisotopic (exact) mass is 412 g/mol. The molecule has 1 aromatic carbocycles. The van der Waals surface area contributed by atoms with E-state index in [0.717, 1.165) is 6.61 Å². The molecule has 116 valence electrons. The molecule has 5 heteroatoms. The Morgan fingerprint density at radius 1 is 1.14 bits per heavy atom. The van der Waals surface area contributed by atoms with Crippen LogP contribution in [-0.4, -0.2) is 42.8 Å². The molecule has 1 heterocycles. The van der Waals surface area contributed by atoms with Gasteiger partial charge in [-0.05, 0) is 0 Å². The molecular weight excluding hydrogens is 383 g/mol. The van der Waals surface area contributed by atoms with Crippen LogP contribution in [0, 0.1) is 0 Å². The minimum absolute atomic E-state index is 0.576. The molecule has 0 fully saturated rings. The zero-order chi connectivity index (χ0) is 15.7. The summed E-state index contributed by atoms with van der Waals surface area (Å²) in [6, 6.07) is 9.77. The van der Waals surface area contributed by atoms with Gasteiger partial charge < -0.3 is 0 Å². The Morgan fingerprint density at radius 2 is 1.81 bits per heavy atom. The molecule has 0 aliphatic rings.